The van der Waals surface area contributed by atoms with Crippen LogP contribution in [0.3, 0.4) is 0 Å². The third-order valence-corrected chi connectivity index (χ3v) is 3.86. The van der Waals surface area contributed by atoms with Gasteiger partial charge in [-0.25, -0.2) is 14.6 Å². The Hall–Kier alpha value is -2.29. The van der Waals surface area contributed by atoms with E-state index in [4.69, 9.17) is 35.4 Å². The molecule has 0 atom stereocenters. The lowest BCUT2D eigenvalue weighted by molar-refractivity contribution is 0.0582. The van der Waals surface area contributed by atoms with E-state index in [0.29, 0.717) is 0 Å². The molecule has 0 aliphatic carbocycles. The standard InChI is InChI=1S/C15H10Cl2N2O5S/c1-23-13(21)10-9(11(14(22)24-2)19-15(25)18-10)12(20)7-5-6(16)3-4-8(7)17/h3-5H,1-2H3,(H,18,19,25). The fourth-order valence-corrected chi connectivity index (χ4v) is 2.57. The van der Waals surface area contributed by atoms with E-state index in [1.807, 2.05) is 0 Å². The number of halogens is 2. The number of ketones is 1. The zero-order chi connectivity index (χ0) is 18.7. The average Bonchev–Trinajstić information content (AvgIpc) is 2.60. The SMILES string of the molecule is COC(=O)c1nc(=S)[nH]c(C(=O)OC)c1C(=O)c1cc(Cl)ccc1Cl. The smallest absolute Gasteiger partial charge is 0.357 e. The first-order valence-electron chi connectivity index (χ1n) is 6.60. The topological polar surface area (TPSA) is 98.3 Å². The molecule has 0 saturated carbocycles. The van der Waals surface area contributed by atoms with Gasteiger partial charge in [0.2, 0.25) is 0 Å². The number of hydrogen-bond acceptors (Lipinski definition) is 7. The summed E-state index contributed by atoms with van der Waals surface area (Å²) in [5.41, 5.74) is -1.19. The van der Waals surface area contributed by atoms with Crippen molar-refractivity contribution in [1.82, 2.24) is 9.97 Å². The zero-order valence-electron chi connectivity index (χ0n) is 12.9. The van der Waals surface area contributed by atoms with Crippen molar-refractivity contribution >= 4 is 53.1 Å². The maximum atomic E-state index is 13.0. The van der Waals surface area contributed by atoms with Crippen LogP contribution in [0.15, 0.2) is 18.2 Å². The van der Waals surface area contributed by atoms with Gasteiger partial charge in [-0.2, -0.15) is 0 Å². The van der Waals surface area contributed by atoms with Crippen LogP contribution in [0.25, 0.3) is 0 Å². The maximum absolute atomic E-state index is 13.0. The van der Waals surface area contributed by atoms with Crippen LogP contribution in [0.5, 0.6) is 0 Å². The van der Waals surface area contributed by atoms with Crippen LogP contribution in [0.1, 0.15) is 36.9 Å². The summed E-state index contributed by atoms with van der Waals surface area (Å²) in [4.78, 5) is 43.3. The number of carbonyl (C=O) groups excluding carboxylic acids is 3. The van der Waals surface area contributed by atoms with E-state index in [0.717, 1.165) is 14.2 Å². The average molecular weight is 401 g/mol. The molecule has 0 unspecified atom stereocenters. The summed E-state index contributed by atoms with van der Waals surface area (Å²) < 4.78 is 9.05. The van der Waals surface area contributed by atoms with Gasteiger partial charge in [0.05, 0.1) is 24.8 Å². The molecular weight excluding hydrogens is 391 g/mol. The van der Waals surface area contributed by atoms with Crippen LogP contribution in [0, 0.1) is 4.77 Å². The van der Waals surface area contributed by atoms with Gasteiger partial charge in [0.25, 0.3) is 0 Å². The molecule has 0 spiro atoms. The van der Waals surface area contributed by atoms with Crippen molar-refractivity contribution in [2.24, 2.45) is 0 Å². The molecule has 2 aromatic rings. The summed E-state index contributed by atoms with van der Waals surface area (Å²) in [6.07, 6.45) is 0. The first-order valence-corrected chi connectivity index (χ1v) is 7.77. The van der Waals surface area contributed by atoms with Crippen molar-refractivity contribution in [3.05, 3.63) is 55.5 Å². The molecule has 0 aliphatic rings. The highest BCUT2D eigenvalue weighted by Gasteiger charge is 2.30. The zero-order valence-corrected chi connectivity index (χ0v) is 15.2. The molecule has 0 aliphatic heterocycles. The van der Waals surface area contributed by atoms with Gasteiger partial charge >= 0.3 is 11.9 Å². The van der Waals surface area contributed by atoms with Crippen molar-refractivity contribution in [1.29, 1.82) is 0 Å². The van der Waals surface area contributed by atoms with Gasteiger partial charge in [0.15, 0.2) is 16.2 Å². The monoisotopic (exact) mass is 400 g/mol. The van der Waals surface area contributed by atoms with Crippen LogP contribution in [0.4, 0.5) is 0 Å². The summed E-state index contributed by atoms with van der Waals surface area (Å²) in [7, 11) is 2.21. The minimum absolute atomic E-state index is 0.0307. The lowest BCUT2D eigenvalue weighted by atomic mass is 9.99. The summed E-state index contributed by atoms with van der Waals surface area (Å²) >= 11 is 16.8. The first-order chi connectivity index (χ1) is 11.8. The van der Waals surface area contributed by atoms with Crippen LogP contribution in [-0.2, 0) is 9.47 Å². The summed E-state index contributed by atoms with van der Waals surface area (Å²) in [5.74, 6) is -2.64. The Morgan fingerprint density at radius 1 is 1.12 bits per heavy atom. The Balaban J connectivity index is 2.83. The van der Waals surface area contributed by atoms with Crippen LogP contribution < -0.4 is 0 Å². The molecule has 0 fully saturated rings. The van der Waals surface area contributed by atoms with E-state index < -0.39 is 23.4 Å². The third-order valence-electron chi connectivity index (χ3n) is 3.10. The summed E-state index contributed by atoms with van der Waals surface area (Å²) in [6.45, 7) is 0. The number of ether oxygens (including phenoxy) is 2. The Morgan fingerprint density at radius 2 is 1.76 bits per heavy atom. The van der Waals surface area contributed by atoms with Crippen molar-refractivity contribution < 1.29 is 23.9 Å². The van der Waals surface area contributed by atoms with Gasteiger partial charge in [0, 0.05) is 10.6 Å². The minimum atomic E-state index is -0.952. The lowest BCUT2D eigenvalue weighted by Gasteiger charge is -2.12. The van der Waals surface area contributed by atoms with Gasteiger partial charge in [-0.3, -0.25) is 4.79 Å². The number of hydrogen-bond donors (Lipinski definition) is 1. The molecular formula is C15H10Cl2N2O5S. The Morgan fingerprint density at radius 3 is 2.36 bits per heavy atom. The molecule has 25 heavy (non-hydrogen) atoms. The number of benzene rings is 1. The molecule has 1 aromatic heterocycles. The molecule has 0 radical (unpaired) electrons. The maximum Gasteiger partial charge on any atom is 0.357 e. The number of carbonyl (C=O) groups is 3. The fraction of sp³-hybridized carbons (Fsp3) is 0.133. The molecule has 7 nitrogen and oxygen atoms in total. The number of methoxy groups -OCH3 is 2. The van der Waals surface area contributed by atoms with Gasteiger partial charge in [-0.05, 0) is 30.4 Å². The van der Waals surface area contributed by atoms with E-state index in [9.17, 15) is 14.4 Å². The van der Waals surface area contributed by atoms with Gasteiger partial charge in [-0.1, -0.05) is 23.2 Å². The molecule has 130 valence electrons. The largest absolute Gasteiger partial charge is 0.464 e. The normalized spacial score (nSPS) is 10.2. The number of rotatable bonds is 4. The fourth-order valence-electron chi connectivity index (χ4n) is 2.00. The van der Waals surface area contributed by atoms with Crippen LogP contribution in [0.2, 0.25) is 10.0 Å². The van der Waals surface area contributed by atoms with Gasteiger partial charge in [0.1, 0.15) is 5.69 Å². The first kappa shape index (κ1) is 19.0. The van der Waals surface area contributed by atoms with E-state index in [1.54, 1.807) is 0 Å². The molecule has 10 heteroatoms. The predicted molar refractivity (Wildman–Crippen MR) is 92.0 cm³/mol. The molecule has 1 N–H and O–H groups in total. The number of nitrogens with zero attached hydrogens (tertiary/aromatic N) is 1. The number of aromatic nitrogens is 2. The van der Waals surface area contributed by atoms with Crippen molar-refractivity contribution in [2.75, 3.05) is 14.2 Å². The van der Waals surface area contributed by atoms with Crippen LogP contribution in [-0.4, -0.2) is 41.9 Å². The number of esters is 2. The summed E-state index contributed by atoms with van der Waals surface area (Å²) in [6, 6.07) is 4.20. The lowest BCUT2D eigenvalue weighted by Crippen LogP contribution is -2.21. The van der Waals surface area contributed by atoms with E-state index in [1.165, 1.54) is 18.2 Å². The van der Waals surface area contributed by atoms with Crippen molar-refractivity contribution in [3.63, 3.8) is 0 Å². The predicted octanol–water partition coefficient (Wildman–Crippen LogP) is 3.25. The second kappa shape index (κ2) is 7.73. The summed E-state index contributed by atoms with van der Waals surface area (Å²) in [5, 5.41) is 0.312. The molecule has 2 rings (SSSR count). The Kier molecular flexibility index (Phi) is 5.89. The van der Waals surface area contributed by atoms with Gasteiger partial charge < -0.3 is 14.5 Å². The molecule has 1 aromatic carbocycles. The van der Waals surface area contributed by atoms with E-state index in [2.05, 4.69) is 19.4 Å². The highest BCUT2D eigenvalue weighted by atomic mass is 35.5. The quantitative estimate of drug-likeness (QED) is 0.477. The number of H-pyrrole nitrogens is 1. The minimum Gasteiger partial charge on any atom is -0.464 e. The molecule has 0 bridgehead atoms. The van der Waals surface area contributed by atoms with E-state index >= 15 is 0 Å². The third kappa shape index (κ3) is 3.87. The van der Waals surface area contributed by atoms with Crippen molar-refractivity contribution in [2.45, 2.75) is 0 Å². The Labute approximate surface area is 156 Å². The molecule has 0 saturated heterocycles. The highest BCUT2D eigenvalue weighted by molar-refractivity contribution is 7.71. The Bertz CT molecular complexity index is 902. The van der Waals surface area contributed by atoms with E-state index in [-0.39, 0.29) is 31.6 Å². The second-order valence-electron chi connectivity index (χ2n) is 4.58. The van der Waals surface area contributed by atoms with Gasteiger partial charge in [-0.15, -0.1) is 0 Å². The number of nitrogens with one attached hydrogen (secondary N) is 1. The molecule has 0 amide bonds. The van der Waals surface area contributed by atoms with Crippen molar-refractivity contribution in [3.8, 4) is 0 Å². The highest BCUT2D eigenvalue weighted by Crippen LogP contribution is 2.26. The molecule has 1 heterocycles. The van der Waals surface area contributed by atoms with Crippen LogP contribution >= 0.6 is 35.4 Å². The second-order valence-corrected chi connectivity index (χ2v) is 5.81. The number of aromatic amines is 1.